The lowest BCUT2D eigenvalue weighted by molar-refractivity contribution is 0.0979. The fraction of sp³-hybridized carbons (Fsp3) is 0.375. The van der Waals surface area contributed by atoms with Crippen molar-refractivity contribution >= 4 is 16.7 Å². The Bertz CT molecular complexity index is 563. The van der Waals surface area contributed by atoms with Crippen LogP contribution in [0.15, 0.2) is 36.5 Å². The summed E-state index contributed by atoms with van der Waals surface area (Å²) in [6.07, 6.45) is 3.12. The topological polar surface area (TPSA) is 42.0 Å². The number of nitrogens with one attached hydrogen (secondary N) is 1. The van der Waals surface area contributed by atoms with Crippen LogP contribution < -0.4 is 5.32 Å². The largest absolute Gasteiger partial charge is 0.315 e. The number of pyridine rings is 1. The van der Waals surface area contributed by atoms with Crippen LogP contribution in [0.1, 0.15) is 37.0 Å². The number of hydrogen-bond acceptors (Lipinski definition) is 3. The number of carbonyl (C=O) groups is 1. The first kappa shape index (κ1) is 13.7. The minimum Gasteiger partial charge on any atom is -0.315 e. The second-order valence-corrected chi connectivity index (χ2v) is 5.05. The van der Waals surface area contributed by atoms with Gasteiger partial charge in [0.1, 0.15) is 0 Å². The molecule has 0 saturated carbocycles. The molecule has 2 rings (SSSR count). The lowest BCUT2D eigenvalue weighted by Crippen LogP contribution is -2.24. The standard InChI is InChI=1S/C16H20N2O/c1-12(2)17-9-5-8-16(19)14-10-13-6-3-4-7-15(13)18-11-14/h3-4,6-7,10-12,17H,5,8-9H2,1-2H3. The second kappa shape index (κ2) is 6.43. The molecule has 0 fully saturated rings. The Hall–Kier alpha value is -1.74. The molecule has 0 unspecified atom stereocenters. The molecule has 0 aliphatic rings. The molecule has 0 spiro atoms. The van der Waals surface area contributed by atoms with Crippen molar-refractivity contribution in [2.75, 3.05) is 6.54 Å². The molecular formula is C16H20N2O. The van der Waals surface area contributed by atoms with Crippen LogP contribution in [0.25, 0.3) is 10.9 Å². The normalized spacial score (nSPS) is 11.1. The van der Waals surface area contributed by atoms with Crippen molar-refractivity contribution in [3.05, 3.63) is 42.1 Å². The van der Waals surface area contributed by atoms with Crippen molar-refractivity contribution in [1.82, 2.24) is 10.3 Å². The van der Waals surface area contributed by atoms with Crippen molar-refractivity contribution < 1.29 is 4.79 Å². The first-order chi connectivity index (χ1) is 9.16. The van der Waals surface area contributed by atoms with Gasteiger partial charge in [-0.25, -0.2) is 0 Å². The Morgan fingerprint density at radius 1 is 1.32 bits per heavy atom. The van der Waals surface area contributed by atoms with Crippen molar-refractivity contribution in [1.29, 1.82) is 0 Å². The molecule has 100 valence electrons. The van der Waals surface area contributed by atoms with Crippen LogP contribution in [0, 0.1) is 0 Å². The minimum atomic E-state index is 0.170. The number of ketones is 1. The van der Waals surface area contributed by atoms with Gasteiger partial charge in [0, 0.05) is 29.6 Å². The summed E-state index contributed by atoms with van der Waals surface area (Å²) in [4.78, 5) is 16.4. The molecule has 1 aromatic heterocycles. The number of benzene rings is 1. The third kappa shape index (κ3) is 3.86. The third-order valence-corrected chi connectivity index (χ3v) is 3.05. The summed E-state index contributed by atoms with van der Waals surface area (Å²) in [6, 6.07) is 10.3. The number of fused-ring (bicyclic) bond motifs is 1. The number of hydrogen-bond donors (Lipinski definition) is 1. The first-order valence-electron chi connectivity index (χ1n) is 6.78. The summed E-state index contributed by atoms with van der Waals surface area (Å²) in [5, 5.41) is 4.34. The van der Waals surface area contributed by atoms with Crippen LogP contribution in [0.4, 0.5) is 0 Å². The lowest BCUT2D eigenvalue weighted by Gasteiger charge is -2.07. The molecule has 0 amide bonds. The molecule has 3 nitrogen and oxygen atoms in total. The van der Waals surface area contributed by atoms with E-state index in [1.54, 1.807) is 6.20 Å². The van der Waals surface area contributed by atoms with Gasteiger partial charge in [0.05, 0.1) is 5.52 Å². The maximum Gasteiger partial charge on any atom is 0.164 e. The van der Waals surface area contributed by atoms with E-state index in [1.807, 2.05) is 30.3 Å². The van der Waals surface area contributed by atoms with Gasteiger partial charge >= 0.3 is 0 Å². The Balaban J connectivity index is 1.97. The molecule has 0 aliphatic heterocycles. The van der Waals surface area contributed by atoms with Gasteiger partial charge in [-0.2, -0.15) is 0 Å². The van der Waals surface area contributed by atoms with Gasteiger partial charge in [-0.1, -0.05) is 32.0 Å². The van der Waals surface area contributed by atoms with Crippen molar-refractivity contribution in [2.45, 2.75) is 32.7 Å². The van der Waals surface area contributed by atoms with Gasteiger partial charge in [0.25, 0.3) is 0 Å². The minimum absolute atomic E-state index is 0.170. The van der Waals surface area contributed by atoms with Crippen LogP contribution in [0.2, 0.25) is 0 Å². The summed E-state index contributed by atoms with van der Waals surface area (Å²) < 4.78 is 0. The van der Waals surface area contributed by atoms with E-state index in [-0.39, 0.29) is 5.78 Å². The number of para-hydroxylation sites is 1. The van der Waals surface area contributed by atoms with Crippen molar-refractivity contribution in [2.24, 2.45) is 0 Å². The molecule has 1 heterocycles. The molecule has 0 radical (unpaired) electrons. The fourth-order valence-electron chi connectivity index (χ4n) is 2.01. The molecule has 0 saturated heterocycles. The Kier molecular flexibility index (Phi) is 4.63. The van der Waals surface area contributed by atoms with Gasteiger partial charge in [-0.15, -0.1) is 0 Å². The zero-order chi connectivity index (χ0) is 13.7. The van der Waals surface area contributed by atoms with E-state index in [0.29, 0.717) is 18.0 Å². The summed E-state index contributed by atoms with van der Waals surface area (Å²) in [5.74, 6) is 0.170. The number of Topliss-reactive ketones (excluding diaryl/α,β-unsaturated/α-hetero) is 1. The molecule has 0 bridgehead atoms. The first-order valence-corrected chi connectivity index (χ1v) is 6.78. The van der Waals surface area contributed by atoms with E-state index in [4.69, 9.17) is 0 Å². The zero-order valence-electron chi connectivity index (χ0n) is 11.5. The number of rotatable bonds is 6. The molecule has 1 N–H and O–H groups in total. The molecule has 2 aromatic rings. The average Bonchev–Trinajstić information content (AvgIpc) is 2.42. The van der Waals surface area contributed by atoms with E-state index in [1.165, 1.54) is 0 Å². The predicted molar refractivity (Wildman–Crippen MR) is 78.4 cm³/mol. The Morgan fingerprint density at radius 3 is 2.89 bits per heavy atom. The Labute approximate surface area is 114 Å². The van der Waals surface area contributed by atoms with Gasteiger partial charge < -0.3 is 5.32 Å². The van der Waals surface area contributed by atoms with Crippen molar-refractivity contribution in [3.63, 3.8) is 0 Å². The number of nitrogens with zero attached hydrogens (tertiary/aromatic N) is 1. The van der Waals surface area contributed by atoms with Crippen LogP contribution >= 0.6 is 0 Å². The van der Waals surface area contributed by atoms with Crippen LogP contribution in [-0.4, -0.2) is 23.4 Å². The average molecular weight is 256 g/mol. The van der Waals surface area contributed by atoms with Gasteiger partial charge in [0.2, 0.25) is 0 Å². The molecule has 19 heavy (non-hydrogen) atoms. The van der Waals surface area contributed by atoms with Crippen LogP contribution in [0.3, 0.4) is 0 Å². The summed E-state index contributed by atoms with van der Waals surface area (Å²) in [5.41, 5.74) is 1.64. The highest BCUT2D eigenvalue weighted by molar-refractivity contribution is 5.98. The molecule has 0 atom stereocenters. The van der Waals surface area contributed by atoms with E-state index in [2.05, 4.69) is 24.1 Å². The molecular weight excluding hydrogens is 236 g/mol. The predicted octanol–water partition coefficient (Wildman–Crippen LogP) is 3.20. The highest BCUT2D eigenvalue weighted by Crippen LogP contribution is 2.14. The van der Waals surface area contributed by atoms with Gasteiger partial charge in [-0.05, 0) is 25.1 Å². The highest BCUT2D eigenvalue weighted by atomic mass is 16.1. The SMILES string of the molecule is CC(C)NCCCC(=O)c1cnc2ccccc2c1. The van der Waals surface area contributed by atoms with Crippen molar-refractivity contribution in [3.8, 4) is 0 Å². The maximum atomic E-state index is 12.1. The lowest BCUT2D eigenvalue weighted by atomic mass is 10.1. The monoisotopic (exact) mass is 256 g/mol. The fourth-order valence-corrected chi connectivity index (χ4v) is 2.01. The third-order valence-electron chi connectivity index (χ3n) is 3.05. The zero-order valence-corrected chi connectivity index (χ0v) is 11.5. The summed E-state index contributed by atoms with van der Waals surface area (Å²) >= 11 is 0. The van der Waals surface area contributed by atoms with Gasteiger partial charge in [0.15, 0.2) is 5.78 Å². The van der Waals surface area contributed by atoms with Crippen LogP contribution in [0.5, 0.6) is 0 Å². The van der Waals surface area contributed by atoms with E-state index in [9.17, 15) is 4.79 Å². The Morgan fingerprint density at radius 2 is 2.11 bits per heavy atom. The molecule has 3 heteroatoms. The van der Waals surface area contributed by atoms with E-state index < -0.39 is 0 Å². The summed E-state index contributed by atoms with van der Waals surface area (Å²) in [7, 11) is 0. The molecule has 0 aliphatic carbocycles. The van der Waals surface area contributed by atoms with E-state index in [0.717, 1.165) is 23.9 Å². The quantitative estimate of drug-likeness (QED) is 0.637. The molecule has 1 aromatic carbocycles. The van der Waals surface area contributed by atoms with Crippen LogP contribution in [-0.2, 0) is 0 Å². The summed E-state index contributed by atoms with van der Waals surface area (Å²) in [6.45, 7) is 5.09. The second-order valence-electron chi connectivity index (χ2n) is 5.05. The smallest absolute Gasteiger partial charge is 0.164 e. The number of aromatic nitrogens is 1. The maximum absolute atomic E-state index is 12.1. The number of carbonyl (C=O) groups excluding carboxylic acids is 1. The van der Waals surface area contributed by atoms with Gasteiger partial charge in [-0.3, -0.25) is 9.78 Å². The highest BCUT2D eigenvalue weighted by Gasteiger charge is 2.07. The van der Waals surface area contributed by atoms with E-state index >= 15 is 0 Å².